The van der Waals surface area contributed by atoms with Crippen molar-refractivity contribution in [1.29, 1.82) is 0 Å². The number of allylic oxidation sites excluding steroid dienone is 3. The van der Waals surface area contributed by atoms with Gasteiger partial charge in [0.2, 0.25) is 0 Å². The molecule has 0 N–H and O–H groups in total. The average Bonchev–Trinajstić information content (AvgIpc) is 2.73. The van der Waals surface area contributed by atoms with Gasteiger partial charge in [0.05, 0.1) is 0 Å². The fourth-order valence-electron chi connectivity index (χ4n) is 2.76. The zero-order valence-electron chi connectivity index (χ0n) is 12.1. The third kappa shape index (κ3) is 2.69. The molecule has 0 nitrogen and oxygen atoms in total. The Hall–Kier alpha value is -1.42. The topological polar surface area (TPSA) is 0 Å². The van der Waals surface area contributed by atoms with Crippen LogP contribution in [-0.4, -0.2) is 4.43 Å². The summed E-state index contributed by atoms with van der Waals surface area (Å²) in [5.41, 5.74) is 8.32. The van der Waals surface area contributed by atoms with Crippen molar-refractivity contribution in [3.63, 3.8) is 0 Å². The first-order chi connectivity index (χ1) is 10.1. The van der Waals surface area contributed by atoms with Crippen LogP contribution in [0.1, 0.15) is 29.2 Å². The molecule has 0 unspecified atom stereocenters. The average molecular weight is 390 g/mol. The summed E-state index contributed by atoms with van der Waals surface area (Å²) in [4.78, 5) is 0. The van der Waals surface area contributed by atoms with Crippen LogP contribution in [-0.2, 0) is 0 Å². The van der Waals surface area contributed by atoms with Gasteiger partial charge in [0, 0.05) is 4.43 Å². The summed E-state index contributed by atoms with van der Waals surface area (Å²) in [6, 6.07) is 13.6. The van der Waals surface area contributed by atoms with Crippen molar-refractivity contribution >= 4 is 39.8 Å². The number of alkyl halides is 1. The maximum absolute atomic E-state index is 13.6. The van der Waals surface area contributed by atoms with Gasteiger partial charge >= 0.3 is 0 Å². The van der Waals surface area contributed by atoms with Crippen molar-refractivity contribution in [2.75, 3.05) is 4.43 Å². The van der Waals surface area contributed by atoms with E-state index in [-0.39, 0.29) is 5.82 Å². The van der Waals surface area contributed by atoms with Crippen LogP contribution in [0.15, 0.2) is 48.0 Å². The van der Waals surface area contributed by atoms with Crippen LogP contribution in [0.5, 0.6) is 0 Å². The van der Waals surface area contributed by atoms with Crippen LogP contribution in [0.4, 0.5) is 4.39 Å². The predicted octanol–water partition coefficient (Wildman–Crippen LogP) is 5.90. The third-order valence-corrected chi connectivity index (χ3v) is 4.74. The quantitative estimate of drug-likeness (QED) is 0.443. The minimum atomic E-state index is -0.166. The van der Waals surface area contributed by atoms with Crippen molar-refractivity contribution in [3.05, 3.63) is 76.1 Å². The molecule has 106 valence electrons. The second-order valence-electron chi connectivity index (χ2n) is 5.40. The highest BCUT2D eigenvalue weighted by molar-refractivity contribution is 14.1. The molecule has 0 amide bonds. The van der Waals surface area contributed by atoms with E-state index in [9.17, 15) is 4.39 Å². The van der Waals surface area contributed by atoms with Crippen LogP contribution in [0, 0.1) is 12.7 Å². The lowest BCUT2D eigenvalue weighted by Crippen LogP contribution is -1.87. The molecule has 1 aliphatic carbocycles. The van der Waals surface area contributed by atoms with Gasteiger partial charge in [-0.15, -0.1) is 0 Å². The number of hydrogen-bond acceptors (Lipinski definition) is 0. The molecular formula is C19H16FI. The normalized spacial score (nSPS) is 15.7. The molecule has 0 atom stereocenters. The summed E-state index contributed by atoms with van der Waals surface area (Å²) < 4.78 is 14.4. The fourth-order valence-corrected chi connectivity index (χ4v) is 3.74. The molecule has 1 aliphatic rings. The minimum Gasteiger partial charge on any atom is -0.207 e. The standard InChI is InChI=1S/C19H16FI/c1-12-3-5-14(6-4-12)9-17-13(2)19(11-21)18-10-15(20)7-8-16(17)18/h3-10H,11H2,1-2H3/b17-9-. The molecule has 3 rings (SSSR count). The fraction of sp³-hybridized carbons (Fsp3) is 0.158. The second kappa shape index (κ2) is 5.76. The van der Waals surface area contributed by atoms with Crippen molar-refractivity contribution in [1.82, 2.24) is 0 Å². The highest BCUT2D eigenvalue weighted by atomic mass is 127. The molecule has 0 radical (unpaired) electrons. The van der Waals surface area contributed by atoms with Gasteiger partial charge in [0.1, 0.15) is 5.82 Å². The number of aryl methyl sites for hydroxylation is 1. The number of fused-ring (bicyclic) bond motifs is 1. The van der Waals surface area contributed by atoms with Crippen LogP contribution < -0.4 is 0 Å². The van der Waals surface area contributed by atoms with Gasteiger partial charge in [0.25, 0.3) is 0 Å². The van der Waals surface area contributed by atoms with E-state index in [0.717, 1.165) is 15.6 Å². The van der Waals surface area contributed by atoms with Crippen LogP contribution in [0.25, 0.3) is 17.2 Å². The Labute approximate surface area is 138 Å². The van der Waals surface area contributed by atoms with Gasteiger partial charge in [-0.1, -0.05) is 58.5 Å². The number of benzene rings is 2. The summed E-state index contributed by atoms with van der Waals surface area (Å²) in [6.07, 6.45) is 2.20. The first-order valence-electron chi connectivity index (χ1n) is 6.95. The second-order valence-corrected chi connectivity index (χ2v) is 6.16. The summed E-state index contributed by atoms with van der Waals surface area (Å²) in [5.74, 6) is -0.166. The zero-order valence-corrected chi connectivity index (χ0v) is 14.2. The first kappa shape index (κ1) is 14.5. The van der Waals surface area contributed by atoms with E-state index < -0.39 is 0 Å². The zero-order chi connectivity index (χ0) is 15.0. The molecule has 0 fully saturated rings. The Balaban J connectivity index is 2.15. The van der Waals surface area contributed by atoms with E-state index in [4.69, 9.17) is 0 Å². The van der Waals surface area contributed by atoms with Crippen LogP contribution >= 0.6 is 22.6 Å². The Morgan fingerprint density at radius 1 is 1.00 bits per heavy atom. The molecule has 21 heavy (non-hydrogen) atoms. The Morgan fingerprint density at radius 2 is 1.71 bits per heavy atom. The lowest BCUT2D eigenvalue weighted by atomic mass is 10.0. The Kier molecular flexibility index (Phi) is 3.98. The lowest BCUT2D eigenvalue weighted by Gasteiger charge is -2.04. The first-order valence-corrected chi connectivity index (χ1v) is 8.47. The monoisotopic (exact) mass is 390 g/mol. The van der Waals surface area contributed by atoms with E-state index in [1.807, 2.05) is 6.07 Å². The van der Waals surface area contributed by atoms with Gasteiger partial charge < -0.3 is 0 Å². The molecule has 0 aliphatic heterocycles. The van der Waals surface area contributed by atoms with Gasteiger partial charge in [-0.3, -0.25) is 0 Å². The van der Waals surface area contributed by atoms with Crippen LogP contribution in [0.3, 0.4) is 0 Å². The SMILES string of the molecule is CC1=C(CI)c2cc(F)ccc2/C1=C\c1ccc(C)cc1. The molecule has 0 spiro atoms. The molecule has 0 aromatic heterocycles. The minimum absolute atomic E-state index is 0.166. The number of hydrogen-bond donors (Lipinski definition) is 0. The summed E-state index contributed by atoms with van der Waals surface area (Å²) in [5, 5.41) is 0. The molecule has 0 bridgehead atoms. The van der Waals surface area contributed by atoms with Gasteiger partial charge in [0.15, 0.2) is 0 Å². The van der Waals surface area contributed by atoms with Crippen molar-refractivity contribution in [2.45, 2.75) is 13.8 Å². The molecule has 0 saturated carbocycles. The van der Waals surface area contributed by atoms with Gasteiger partial charge in [-0.25, -0.2) is 4.39 Å². The Bertz CT molecular complexity index is 752. The molecular weight excluding hydrogens is 374 g/mol. The van der Waals surface area contributed by atoms with E-state index >= 15 is 0 Å². The third-order valence-electron chi connectivity index (χ3n) is 3.98. The van der Waals surface area contributed by atoms with E-state index in [2.05, 4.69) is 66.8 Å². The van der Waals surface area contributed by atoms with E-state index in [1.54, 1.807) is 12.1 Å². The summed E-state index contributed by atoms with van der Waals surface area (Å²) in [6.45, 7) is 4.22. The lowest BCUT2D eigenvalue weighted by molar-refractivity contribution is 0.627. The summed E-state index contributed by atoms with van der Waals surface area (Å²) in [7, 11) is 0. The van der Waals surface area contributed by atoms with Crippen molar-refractivity contribution in [3.8, 4) is 0 Å². The highest BCUT2D eigenvalue weighted by Gasteiger charge is 2.23. The van der Waals surface area contributed by atoms with Crippen LogP contribution in [0.2, 0.25) is 0 Å². The maximum atomic E-state index is 13.6. The predicted molar refractivity (Wildman–Crippen MR) is 96.9 cm³/mol. The van der Waals surface area contributed by atoms with E-state index in [0.29, 0.717) is 0 Å². The maximum Gasteiger partial charge on any atom is 0.123 e. The van der Waals surface area contributed by atoms with Crippen molar-refractivity contribution < 1.29 is 4.39 Å². The van der Waals surface area contributed by atoms with E-state index in [1.165, 1.54) is 27.8 Å². The Morgan fingerprint density at radius 3 is 2.38 bits per heavy atom. The smallest absolute Gasteiger partial charge is 0.123 e. The molecule has 0 saturated heterocycles. The molecule has 2 heteroatoms. The number of rotatable bonds is 2. The van der Waals surface area contributed by atoms with Gasteiger partial charge in [-0.2, -0.15) is 0 Å². The number of halogens is 2. The summed E-state index contributed by atoms with van der Waals surface area (Å²) >= 11 is 2.35. The largest absolute Gasteiger partial charge is 0.207 e. The molecule has 2 aromatic carbocycles. The van der Waals surface area contributed by atoms with Crippen molar-refractivity contribution in [2.24, 2.45) is 0 Å². The molecule has 2 aromatic rings. The molecule has 0 heterocycles. The van der Waals surface area contributed by atoms with Gasteiger partial charge in [-0.05, 0) is 65.5 Å². The highest BCUT2D eigenvalue weighted by Crippen LogP contribution is 2.43.